The van der Waals surface area contributed by atoms with Crippen LogP contribution in [0.3, 0.4) is 0 Å². The van der Waals surface area contributed by atoms with Crippen LogP contribution < -0.4 is 5.32 Å². The number of aliphatic imine (C=N–C) groups is 1. The Balaban J connectivity index is 0.000000921. The molecule has 1 rings (SSSR count). The summed E-state index contributed by atoms with van der Waals surface area (Å²) in [6.45, 7) is 8.59. The van der Waals surface area contributed by atoms with Crippen molar-refractivity contribution < 1.29 is 4.79 Å². The molecular weight excluding hydrogens is 188 g/mol. The fraction of sp³-hybridized carbons (Fsp3) is 0.500. The molecule has 3 heteroatoms. The summed E-state index contributed by atoms with van der Waals surface area (Å²) in [5, 5.41) is 2.75. The number of allylic oxidation sites excluding steroid dienone is 2. The van der Waals surface area contributed by atoms with Crippen LogP contribution in [0.4, 0.5) is 0 Å². The fourth-order valence-electron chi connectivity index (χ4n) is 1.16. The van der Waals surface area contributed by atoms with Gasteiger partial charge in [-0.25, -0.2) is 0 Å². The molecule has 0 bridgehead atoms. The summed E-state index contributed by atoms with van der Waals surface area (Å²) < 4.78 is 0. The SMILES string of the molecule is C/C=C\C=NC1=C(CC)CNC1=O.CC. The summed E-state index contributed by atoms with van der Waals surface area (Å²) in [6.07, 6.45) is 6.21. The lowest BCUT2D eigenvalue weighted by Gasteiger charge is -1.93. The standard InChI is InChI=1S/C10H14N2O.C2H6/c1-3-5-6-11-9-8(4-2)7-12-10(9)13;1-2/h3,5-6H,4,7H2,1-2H3,(H,12,13);1-2H3/b5-3-,11-6?;. The molecule has 1 amide bonds. The van der Waals surface area contributed by atoms with E-state index in [-0.39, 0.29) is 5.91 Å². The highest BCUT2D eigenvalue weighted by atomic mass is 16.2. The minimum atomic E-state index is -0.0578. The molecule has 15 heavy (non-hydrogen) atoms. The van der Waals surface area contributed by atoms with E-state index in [9.17, 15) is 4.79 Å². The number of nitrogens with zero attached hydrogens (tertiary/aromatic N) is 1. The zero-order valence-electron chi connectivity index (χ0n) is 10.0. The molecule has 1 aliphatic rings. The van der Waals surface area contributed by atoms with Crippen LogP contribution in [0.15, 0.2) is 28.4 Å². The third-order valence-electron chi connectivity index (χ3n) is 1.92. The van der Waals surface area contributed by atoms with Gasteiger partial charge in [-0.05, 0) is 25.0 Å². The van der Waals surface area contributed by atoms with Crippen molar-refractivity contribution >= 4 is 12.1 Å². The number of carbonyl (C=O) groups excluding carboxylic acids is 1. The molecular formula is C12H20N2O. The average molecular weight is 208 g/mol. The molecule has 0 spiro atoms. The van der Waals surface area contributed by atoms with Gasteiger partial charge in [0.05, 0.1) is 0 Å². The Labute approximate surface area is 92.0 Å². The maximum atomic E-state index is 11.2. The van der Waals surface area contributed by atoms with Crippen LogP contribution in [0, 0.1) is 0 Å². The van der Waals surface area contributed by atoms with Crippen molar-refractivity contribution in [3.63, 3.8) is 0 Å². The molecule has 0 aliphatic carbocycles. The minimum absolute atomic E-state index is 0.0578. The number of hydrogen-bond acceptors (Lipinski definition) is 2. The zero-order chi connectivity index (χ0) is 11.7. The van der Waals surface area contributed by atoms with Gasteiger partial charge in [-0.15, -0.1) is 0 Å². The number of amides is 1. The second-order valence-electron chi connectivity index (χ2n) is 2.79. The molecule has 0 radical (unpaired) electrons. The largest absolute Gasteiger partial charge is 0.347 e. The van der Waals surface area contributed by atoms with E-state index in [1.54, 1.807) is 6.21 Å². The van der Waals surface area contributed by atoms with E-state index in [1.165, 1.54) is 0 Å². The van der Waals surface area contributed by atoms with Crippen LogP contribution in [0.1, 0.15) is 34.1 Å². The van der Waals surface area contributed by atoms with Gasteiger partial charge in [0.15, 0.2) is 0 Å². The lowest BCUT2D eigenvalue weighted by atomic mass is 10.2. The van der Waals surface area contributed by atoms with Crippen LogP contribution >= 0.6 is 0 Å². The van der Waals surface area contributed by atoms with E-state index in [2.05, 4.69) is 10.3 Å². The first-order valence-corrected chi connectivity index (χ1v) is 5.45. The lowest BCUT2D eigenvalue weighted by Crippen LogP contribution is -2.16. The third kappa shape index (κ3) is 4.11. The zero-order valence-corrected chi connectivity index (χ0v) is 10.0. The topological polar surface area (TPSA) is 41.5 Å². The molecule has 0 fully saturated rings. The lowest BCUT2D eigenvalue weighted by molar-refractivity contribution is -0.116. The molecule has 1 N–H and O–H groups in total. The van der Waals surface area contributed by atoms with Crippen molar-refractivity contribution in [1.29, 1.82) is 0 Å². The maximum absolute atomic E-state index is 11.2. The highest BCUT2D eigenvalue weighted by molar-refractivity contribution is 5.98. The summed E-state index contributed by atoms with van der Waals surface area (Å²) in [5.74, 6) is -0.0578. The minimum Gasteiger partial charge on any atom is -0.347 e. The maximum Gasteiger partial charge on any atom is 0.270 e. The summed E-state index contributed by atoms with van der Waals surface area (Å²) in [6, 6.07) is 0. The number of hydrogen-bond donors (Lipinski definition) is 1. The Kier molecular flexibility index (Phi) is 7.24. The molecule has 0 saturated heterocycles. The van der Waals surface area contributed by atoms with Gasteiger partial charge in [-0.1, -0.05) is 26.8 Å². The summed E-state index contributed by atoms with van der Waals surface area (Å²) in [5.41, 5.74) is 1.67. The summed E-state index contributed by atoms with van der Waals surface area (Å²) in [4.78, 5) is 15.3. The highest BCUT2D eigenvalue weighted by Gasteiger charge is 2.19. The first-order chi connectivity index (χ1) is 7.29. The third-order valence-corrected chi connectivity index (χ3v) is 1.92. The molecule has 0 saturated carbocycles. The van der Waals surface area contributed by atoms with Crippen molar-refractivity contribution in [2.75, 3.05) is 6.54 Å². The van der Waals surface area contributed by atoms with Crippen LogP contribution in [-0.4, -0.2) is 18.7 Å². The molecule has 1 aliphatic heterocycles. The molecule has 1 heterocycles. The van der Waals surface area contributed by atoms with E-state index in [1.807, 2.05) is 39.8 Å². The van der Waals surface area contributed by atoms with Crippen LogP contribution in [0.2, 0.25) is 0 Å². The summed E-state index contributed by atoms with van der Waals surface area (Å²) in [7, 11) is 0. The van der Waals surface area contributed by atoms with Gasteiger partial charge in [0.1, 0.15) is 5.70 Å². The summed E-state index contributed by atoms with van der Waals surface area (Å²) >= 11 is 0. The van der Waals surface area contributed by atoms with Gasteiger partial charge < -0.3 is 5.32 Å². The second kappa shape index (κ2) is 7.97. The van der Waals surface area contributed by atoms with Crippen molar-refractivity contribution in [2.24, 2.45) is 4.99 Å². The fourth-order valence-corrected chi connectivity index (χ4v) is 1.16. The smallest absolute Gasteiger partial charge is 0.270 e. The first-order valence-electron chi connectivity index (χ1n) is 5.45. The molecule has 84 valence electrons. The van der Waals surface area contributed by atoms with Crippen molar-refractivity contribution in [1.82, 2.24) is 5.32 Å². The van der Waals surface area contributed by atoms with Crippen LogP contribution in [0.25, 0.3) is 0 Å². The van der Waals surface area contributed by atoms with Gasteiger partial charge in [-0.2, -0.15) is 0 Å². The monoisotopic (exact) mass is 208 g/mol. The average Bonchev–Trinajstić information content (AvgIpc) is 2.63. The Bertz CT molecular complexity index is 288. The van der Waals surface area contributed by atoms with Crippen molar-refractivity contribution in [3.05, 3.63) is 23.4 Å². The number of rotatable bonds is 3. The molecule has 0 aromatic rings. The van der Waals surface area contributed by atoms with Gasteiger partial charge in [0.25, 0.3) is 5.91 Å². The van der Waals surface area contributed by atoms with Crippen LogP contribution in [-0.2, 0) is 4.79 Å². The molecule has 0 unspecified atom stereocenters. The molecule has 3 nitrogen and oxygen atoms in total. The van der Waals surface area contributed by atoms with E-state index in [0.717, 1.165) is 12.0 Å². The van der Waals surface area contributed by atoms with E-state index < -0.39 is 0 Å². The van der Waals surface area contributed by atoms with Crippen molar-refractivity contribution in [2.45, 2.75) is 34.1 Å². The van der Waals surface area contributed by atoms with E-state index in [0.29, 0.717) is 12.2 Å². The number of carbonyl (C=O) groups is 1. The second-order valence-corrected chi connectivity index (χ2v) is 2.79. The Morgan fingerprint density at radius 1 is 1.47 bits per heavy atom. The predicted octanol–water partition coefficient (Wildman–Crippen LogP) is 2.45. The predicted molar refractivity (Wildman–Crippen MR) is 65.0 cm³/mol. The Morgan fingerprint density at radius 2 is 2.13 bits per heavy atom. The Hall–Kier alpha value is -1.38. The highest BCUT2D eigenvalue weighted by Crippen LogP contribution is 2.14. The number of nitrogens with one attached hydrogen (secondary N) is 1. The van der Waals surface area contributed by atoms with Crippen LogP contribution in [0.5, 0.6) is 0 Å². The van der Waals surface area contributed by atoms with Crippen molar-refractivity contribution in [3.8, 4) is 0 Å². The Morgan fingerprint density at radius 3 is 2.67 bits per heavy atom. The molecule has 0 aromatic heterocycles. The molecule has 0 atom stereocenters. The normalized spacial score (nSPS) is 15.9. The van der Waals surface area contributed by atoms with Gasteiger partial charge >= 0.3 is 0 Å². The molecule has 0 aromatic carbocycles. The quantitative estimate of drug-likeness (QED) is 0.711. The van der Waals surface area contributed by atoms with Gasteiger partial charge in [0.2, 0.25) is 0 Å². The van der Waals surface area contributed by atoms with Gasteiger partial charge in [0, 0.05) is 12.8 Å². The van der Waals surface area contributed by atoms with E-state index in [4.69, 9.17) is 0 Å². The first kappa shape index (κ1) is 13.6. The van der Waals surface area contributed by atoms with E-state index >= 15 is 0 Å². The van der Waals surface area contributed by atoms with Gasteiger partial charge in [-0.3, -0.25) is 9.79 Å².